The SMILES string of the molecule is CCC(C)c1ccc(NC(=S)Nc2nn(Cc3ccc(Cl)c(Cl)c3)cc2Br)cc1. The van der Waals surface area contributed by atoms with Crippen LogP contribution in [0, 0.1) is 0 Å². The van der Waals surface area contributed by atoms with Gasteiger partial charge in [-0.25, -0.2) is 0 Å². The van der Waals surface area contributed by atoms with Gasteiger partial charge in [0.25, 0.3) is 0 Å². The summed E-state index contributed by atoms with van der Waals surface area (Å²) in [6.07, 6.45) is 3.00. The predicted octanol–water partition coefficient (Wildman–Crippen LogP) is 7.32. The highest BCUT2D eigenvalue weighted by molar-refractivity contribution is 9.10. The van der Waals surface area contributed by atoms with Crippen molar-refractivity contribution < 1.29 is 0 Å². The van der Waals surface area contributed by atoms with E-state index >= 15 is 0 Å². The zero-order chi connectivity index (χ0) is 21.0. The lowest BCUT2D eigenvalue weighted by Crippen LogP contribution is -2.19. The van der Waals surface area contributed by atoms with Gasteiger partial charge in [0.2, 0.25) is 0 Å². The standard InChI is InChI=1S/C21H21BrCl2N4S/c1-3-13(2)15-5-7-16(8-6-15)25-21(29)26-20-17(22)12-28(27-20)11-14-4-9-18(23)19(24)10-14/h4-10,12-13H,3,11H2,1-2H3,(H2,25,26,27,29). The lowest BCUT2D eigenvalue weighted by molar-refractivity contribution is 0.689. The van der Waals surface area contributed by atoms with E-state index in [2.05, 4.69) is 57.6 Å². The normalized spacial score (nSPS) is 11.9. The quantitative estimate of drug-likeness (QED) is 0.340. The molecule has 0 amide bonds. The van der Waals surface area contributed by atoms with Gasteiger partial charge < -0.3 is 10.6 Å². The molecule has 0 radical (unpaired) electrons. The maximum absolute atomic E-state index is 6.09. The van der Waals surface area contributed by atoms with E-state index in [1.54, 1.807) is 10.7 Å². The van der Waals surface area contributed by atoms with Crippen molar-refractivity contribution in [2.75, 3.05) is 10.6 Å². The Bertz CT molecular complexity index is 1000. The monoisotopic (exact) mass is 510 g/mol. The maximum Gasteiger partial charge on any atom is 0.176 e. The van der Waals surface area contributed by atoms with Gasteiger partial charge in [0, 0.05) is 11.9 Å². The third-order valence-electron chi connectivity index (χ3n) is 4.63. The fourth-order valence-corrected chi connectivity index (χ4v) is 3.74. The van der Waals surface area contributed by atoms with E-state index in [4.69, 9.17) is 35.4 Å². The Labute approximate surface area is 194 Å². The van der Waals surface area contributed by atoms with Crippen LogP contribution < -0.4 is 10.6 Å². The smallest absolute Gasteiger partial charge is 0.176 e. The number of anilines is 2. The third-order valence-corrected chi connectivity index (χ3v) is 6.15. The van der Waals surface area contributed by atoms with Gasteiger partial charge in [-0.05, 0) is 75.9 Å². The fraction of sp³-hybridized carbons (Fsp3) is 0.238. The van der Waals surface area contributed by atoms with Crippen LogP contribution in [-0.4, -0.2) is 14.9 Å². The molecule has 2 N–H and O–H groups in total. The first-order chi connectivity index (χ1) is 13.9. The van der Waals surface area contributed by atoms with Crippen LogP contribution in [0.1, 0.15) is 37.3 Å². The van der Waals surface area contributed by atoms with E-state index in [1.165, 1.54) is 5.56 Å². The molecule has 1 atom stereocenters. The number of thiocarbonyl (C=S) groups is 1. The fourth-order valence-electron chi connectivity index (χ4n) is 2.79. The Morgan fingerprint density at radius 2 is 1.86 bits per heavy atom. The molecular formula is C21H21BrCl2N4S. The number of halogens is 3. The molecule has 29 heavy (non-hydrogen) atoms. The number of benzene rings is 2. The number of nitrogens with zero attached hydrogens (tertiary/aromatic N) is 2. The predicted molar refractivity (Wildman–Crippen MR) is 130 cm³/mol. The molecule has 8 heteroatoms. The van der Waals surface area contributed by atoms with Crippen molar-refractivity contribution in [2.45, 2.75) is 32.7 Å². The van der Waals surface area contributed by atoms with E-state index in [-0.39, 0.29) is 0 Å². The number of nitrogens with one attached hydrogen (secondary N) is 2. The van der Waals surface area contributed by atoms with Crippen molar-refractivity contribution in [3.05, 3.63) is 74.3 Å². The molecule has 0 saturated heterocycles. The highest BCUT2D eigenvalue weighted by Crippen LogP contribution is 2.25. The number of rotatable bonds is 6. The summed E-state index contributed by atoms with van der Waals surface area (Å²) in [6.45, 7) is 4.98. The summed E-state index contributed by atoms with van der Waals surface area (Å²) in [4.78, 5) is 0. The van der Waals surface area contributed by atoms with Crippen LogP contribution in [0.5, 0.6) is 0 Å². The first-order valence-corrected chi connectivity index (χ1v) is 11.2. The van der Waals surface area contributed by atoms with Gasteiger partial charge >= 0.3 is 0 Å². The molecule has 4 nitrogen and oxygen atoms in total. The molecule has 1 aromatic heterocycles. The summed E-state index contributed by atoms with van der Waals surface area (Å²) in [5.41, 5.74) is 3.25. The third kappa shape index (κ3) is 5.95. The summed E-state index contributed by atoms with van der Waals surface area (Å²) in [6, 6.07) is 13.9. The zero-order valence-electron chi connectivity index (χ0n) is 16.0. The van der Waals surface area contributed by atoms with Crippen molar-refractivity contribution in [1.29, 1.82) is 0 Å². The highest BCUT2D eigenvalue weighted by atomic mass is 79.9. The topological polar surface area (TPSA) is 41.9 Å². The molecule has 0 fully saturated rings. The maximum atomic E-state index is 6.09. The molecule has 3 aromatic rings. The Morgan fingerprint density at radius 1 is 1.14 bits per heavy atom. The van der Waals surface area contributed by atoms with Gasteiger partial charge in [0.1, 0.15) is 0 Å². The molecule has 0 aliphatic rings. The lowest BCUT2D eigenvalue weighted by atomic mass is 9.99. The van der Waals surface area contributed by atoms with Crippen LogP contribution in [-0.2, 0) is 6.54 Å². The minimum Gasteiger partial charge on any atom is -0.332 e. The van der Waals surface area contributed by atoms with Crippen molar-refractivity contribution in [2.24, 2.45) is 0 Å². The van der Waals surface area contributed by atoms with Crippen LogP contribution in [0.3, 0.4) is 0 Å². The second-order valence-corrected chi connectivity index (χ2v) is 8.86. The van der Waals surface area contributed by atoms with E-state index < -0.39 is 0 Å². The average molecular weight is 512 g/mol. The molecule has 0 aliphatic carbocycles. The minimum atomic E-state index is 0.474. The van der Waals surface area contributed by atoms with Crippen molar-refractivity contribution in [1.82, 2.24) is 9.78 Å². The molecule has 0 spiro atoms. The van der Waals surface area contributed by atoms with Crippen LogP contribution in [0.25, 0.3) is 0 Å². The molecule has 3 rings (SSSR count). The second-order valence-electron chi connectivity index (χ2n) is 6.78. The number of hydrogen-bond acceptors (Lipinski definition) is 2. The van der Waals surface area contributed by atoms with E-state index in [9.17, 15) is 0 Å². The summed E-state index contributed by atoms with van der Waals surface area (Å²) in [5.74, 6) is 1.18. The Hall–Kier alpha value is -1.60. The summed E-state index contributed by atoms with van der Waals surface area (Å²) >= 11 is 21.0. The van der Waals surface area contributed by atoms with Gasteiger partial charge in [0.15, 0.2) is 10.9 Å². The molecule has 152 valence electrons. The Morgan fingerprint density at radius 3 is 2.52 bits per heavy atom. The highest BCUT2D eigenvalue weighted by Gasteiger charge is 2.10. The Balaban J connectivity index is 1.62. The van der Waals surface area contributed by atoms with E-state index in [0.717, 1.165) is 22.1 Å². The van der Waals surface area contributed by atoms with Gasteiger partial charge in [-0.1, -0.05) is 55.2 Å². The number of hydrogen-bond donors (Lipinski definition) is 2. The first-order valence-electron chi connectivity index (χ1n) is 9.20. The van der Waals surface area contributed by atoms with Crippen molar-refractivity contribution >= 4 is 68.0 Å². The molecule has 1 heterocycles. The van der Waals surface area contributed by atoms with E-state index in [1.807, 2.05) is 30.5 Å². The van der Waals surface area contributed by atoms with Gasteiger partial charge in [-0.2, -0.15) is 5.10 Å². The summed E-state index contributed by atoms with van der Waals surface area (Å²) < 4.78 is 2.61. The Kier molecular flexibility index (Phi) is 7.57. The lowest BCUT2D eigenvalue weighted by Gasteiger charge is -2.12. The first kappa shape index (κ1) is 22.1. The van der Waals surface area contributed by atoms with E-state index in [0.29, 0.717) is 33.4 Å². The largest absolute Gasteiger partial charge is 0.332 e. The zero-order valence-corrected chi connectivity index (χ0v) is 20.0. The van der Waals surface area contributed by atoms with Crippen molar-refractivity contribution in [3.63, 3.8) is 0 Å². The average Bonchev–Trinajstić information content (AvgIpc) is 3.03. The number of aromatic nitrogens is 2. The molecule has 0 bridgehead atoms. The van der Waals surface area contributed by atoms with Crippen LogP contribution >= 0.6 is 51.3 Å². The van der Waals surface area contributed by atoms with Crippen LogP contribution in [0.4, 0.5) is 11.5 Å². The minimum absolute atomic E-state index is 0.474. The molecule has 1 unspecified atom stereocenters. The van der Waals surface area contributed by atoms with Crippen LogP contribution in [0.2, 0.25) is 10.0 Å². The molecule has 0 saturated carbocycles. The van der Waals surface area contributed by atoms with Gasteiger partial charge in [-0.15, -0.1) is 0 Å². The molecular weight excluding hydrogens is 491 g/mol. The second kappa shape index (κ2) is 9.94. The summed E-state index contributed by atoms with van der Waals surface area (Å²) in [7, 11) is 0. The van der Waals surface area contributed by atoms with Gasteiger partial charge in [-0.3, -0.25) is 4.68 Å². The van der Waals surface area contributed by atoms with Gasteiger partial charge in [0.05, 0.1) is 21.1 Å². The van der Waals surface area contributed by atoms with Crippen LogP contribution in [0.15, 0.2) is 53.1 Å². The summed E-state index contributed by atoms with van der Waals surface area (Å²) in [5, 5.41) is 12.4. The van der Waals surface area contributed by atoms with Crippen molar-refractivity contribution in [3.8, 4) is 0 Å². The molecule has 2 aromatic carbocycles. The molecule has 0 aliphatic heterocycles.